The second kappa shape index (κ2) is 70.6. The third-order valence-electron chi connectivity index (χ3n) is 14.9. The van der Waals surface area contributed by atoms with Gasteiger partial charge >= 0.3 is 0 Å². The molecule has 8 aromatic heterocycles. The van der Waals surface area contributed by atoms with Crippen LogP contribution in [0.1, 0.15) is 133 Å². The molecule has 14 aromatic rings. The Morgan fingerprint density at radius 2 is 0.733 bits per heavy atom. The predicted molar refractivity (Wildman–Crippen MR) is 491 cm³/mol. The van der Waals surface area contributed by atoms with Gasteiger partial charge in [0.1, 0.15) is 5.84 Å². The van der Waals surface area contributed by atoms with Gasteiger partial charge < -0.3 is 32.5 Å². The molecule has 0 saturated heterocycles. The number of H-pyrrole nitrogens is 2. The van der Waals surface area contributed by atoms with Crippen LogP contribution in [0.25, 0.3) is 22.8 Å². The third kappa shape index (κ3) is 50.7. The van der Waals surface area contributed by atoms with Crippen molar-refractivity contribution in [3.63, 3.8) is 0 Å². The zero-order valence-electron chi connectivity index (χ0n) is 67.9. The molecule has 0 amide bonds. The lowest BCUT2D eigenvalue weighted by atomic mass is 10.2. The van der Waals surface area contributed by atoms with Gasteiger partial charge in [-0.1, -0.05) is 265 Å². The number of anilines is 2. The Morgan fingerprint density at radius 1 is 0.431 bits per heavy atom. The molecule has 0 atom stereocenters. The van der Waals surface area contributed by atoms with Gasteiger partial charge in [-0.25, -0.2) is 10.9 Å². The van der Waals surface area contributed by atoms with Crippen LogP contribution in [0, 0.1) is 5.41 Å². The van der Waals surface area contributed by atoms with E-state index in [1.54, 1.807) is 72.4 Å². The van der Waals surface area contributed by atoms with E-state index in [0.717, 1.165) is 78.6 Å². The summed E-state index contributed by atoms with van der Waals surface area (Å²) in [6.45, 7) is 17.2. The number of aliphatic imine (C=N–C) groups is 1. The van der Waals surface area contributed by atoms with Gasteiger partial charge in [-0.15, -0.1) is 0 Å². The van der Waals surface area contributed by atoms with Gasteiger partial charge in [0.2, 0.25) is 10.3 Å². The lowest BCUT2D eigenvalue weighted by Gasteiger charge is -1.89. The summed E-state index contributed by atoms with van der Waals surface area (Å²) in [7, 11) is 12.6. The minimum absolute atomic E-state index is 0. The van der Waals surface area contributed by atoms with E-state index in [1.165, 1.54) is 73.8 Å². The molecule has 6 aromatic carbocycles. The molecule has 116 heavy (non-hydrogen) atoms. The maximum absolute atomic E-state index is 8.22. The van der Waals surface area contributed by atoms with Gasteiger partial charge in [-0.05, 0) is 108 Å². The quantitative estimate of drug-likeness (QED) is 0.0159. The van der Waals surface area contributed by atoms with E-state index in [4.69, 9.17) is 27.3 Å². The Hall–Kier alpha value is -12.2. The molecule has 0 aliphatic heterocycles. The van der Waals surface area contributed by atoms with Crippen molar-refractivity contribution in [1.82, 2.24) is 78.2 Å². The van der Waals surface area contributed by atoms with Crippen molar-refractivity contribution in [3.05, 3.63) is 312 Å². The molecule has 0 saturated carbocycles. The first kappa shape index (κ1) is 108. The number of aromatic amines is 2. The van der Waals surface area contributed by atoms with Crippen LogP contribution in [0.5, 0.6) is 0 Å². The molecule has 0 bridgehead atoms. The Morgan fingerprint density at radius 3 is 0.931 bits per heavy atom. The van der Waals surface area contributed by atoms with E-state index in [-0.39, 0.29) is 34.0 Å². The first-order chi connectivity index (χ1) is 54.9. The molecule has 0 radical (unpaired) electrons. The highest BCUT2D eigenvalue weighted by Crippen LogP contribution is 2.20. The fourth-order valence-corrected chi connectivity index (χ4v) is 9.45. The number of rotatable bonds is 14. The van der Waals surface area contributed by atoms with Gasteiger partial charge in [0, 0.05) is 110 Å². The van der Waals surface area contributed by atoms with E-state index < -0.39 is 0 Å². The number of nitrogens with two attached hydrogens (primary N) is 3. The minimum atomic E-state index is 0. The maximum Gasteiger partial charge on any atom is 0.202 e. The van der Waals surface area contributed by atoms with Crippen molar-refractivity contribution in [2.45, 2.75) is 129 Å². The van der Waals surface area contributed by atoms with Crippen molar-refractivity contribution >= 4 is 62.4 Å². The van der Waals surface area contributed by atoms with Crippen LogP contribution in [0.4, 0.5) is 10.3 Å². The van der Waals surface area contributed by atoms with Gasteiger partial charge in [-0.2, -0.15) is 49.3 Å². The van der Waals surface area contributed by atoms with E-state index >= 15 is 0 Å². The number of thiocarbonyl (C=S) groups is 1. The van der Waals surface area contributed by atoms with Crippen LogP contribution >= 0.6 is 35.3 Å². The molecular formula is C87H128N24O2S3. The lowest BCUT2D eigenvalue weighted by Crippen LogP contribution is -2.11. The number of aromatic nitrogens is 16. The summed E-state index contributed by atoms with van der Waals surface area (Å²) in [6, 6.07) is 62.7. The molecule has 14 rings (SSSR count). The molecule has 0 fully saturated rings. The lowest BCUT2D eigenvalue weighted by molar-refractivity contribution is 0.311. The van der Waals surface area contributed by atoms with Crippen molar-refractivity contribution in [1.29, 1.82) is 5.41 Å². The molecule has 0 spiro atoms. The van der Waals surface area contributed by atoms with Crippen LogP contribution < -0.4 is 28.0 Å². The van der Waals surface area contributed by atoms with Crippen molar-refractivity contribution in [3.8, 4) is 22.8 Å². The largest absolute Gasteiger partial charge is 0.409 e. The highest BCUT2D eigenvalue weighted by atomic mass is 32.1. The highest BCUT2D eigenvalue weighted by Gasteiger charge is 2.08. The fourth-order valence-electron chi connectivity index (χ4n) is 8.37. The number of amidine groups is 2. The smallest absolute Gasteiger partial charge is 0.202 e. The molecule has 0 aliphatic carbocycles. The van der Waals surface area contributed by atoms with Crippen LogP contribution in [-0.2, 0) is 79.6 Å². The van der Waals surface area contributed by atoms with Gasteiger partial charge in [0.25, 0.3) is 0 Å². The van der Waals surface area contributed by atoms with Gasteiger partial charge in [0.05, 0.1) is 64.6 Å². The monoisotopic (exact) mass is 1640 g/mol. The molecule has 13 N–H and O–H groups in total. The van der Waals surface area contributed by atoms with Crippen LogP contribution in [0.2, 0.25) is 0 Å². The Bertz CT molecular complexity index is 4260. The number of hydrogen-bond donors (Lipinski definition) is 10. The molecular weight excluding hydrogens is 1510 g/mol. The predicted octanol–water partition coefficient (Wildman–Crippen LogP) is 18.6. The number of nitrogens with one attached hydrogen (secondary N) is 5. The summed E-state index contributed by atoms with van der Waals surface area (Å²) in [5.74, 6) is 5.07. The van der Waals surface area contributed by atoms with Crippen LogP contribution in [0.15, 0.2) is 267 Å². The molecule has 0 aliphatic rings. The van der Waals surface area contributed by atoms with Crippen LogP contribution in [-0.4, -0.2) is 127 Å². The zero-order chi connectivity index (χ0) is 83.5. The van der Waals surface area contributed by atoms with Crippen molar-refractivity contribution in [2.75, 3.05) is 31.8 Å². The second-order valence-corrected chi connectivity index (χ2v) is 24.8. The number of isothiocyanates is 1. The van der Waals surface area contributed by atoms with E-state index in [1.807, 2.05) is 100 Å². The first-order valence-electron chi connectivity index (χ1n) is 36.6. The molecule has 0 unspecified atom stereocenters. The molecule has 26 nitrogen and oxygen atoms in total. The molecule has 8 heterocycles. The summed E-state index contributed by atoms with van der Waals surface area (Å²) in [6.07, 6.45) is 30.2. The maximum atomic E-state index is 8.22. The standard InChI is InChI=1S/6C8H10.C7H9N5S.C6H7N5S.C6H10N2.C5H8N4O.C5H8N4.C5H8N2.C2H3NS.3CH4.H3NO/c6*1-2-8-6-4-3-5-7-8;1-8-7-10-6(11-13-7)5-3-9-12(2)4-5;1-7-6-10-5(11-12-6)4-2-8-9-3-4;1-3-6-4-7-8(2)5-6;1-9-3-4(2-7-9)5(6)8-10;1-9-3-4(2-8-9)5(6)7;1-2-5-3-6-7-4-5;1-3-2-4;;;;1-2/h6*3-7H,2H2,1H3;3-4H,1-2H3,(H,8,10,11);2-3H,1H3,(H,8,9)(H,7,10,11);4-5H,3H2,1-2H3;2-3,10H,1H3,(H2,6,8);2-3H,1H3,(H3,6,7);3-4H,2H2,1H3,(H,6,7);1H3;3*1H4;2H,1H2. The Kier molecular flexibility index (Phi) is 65.7. The summed E-state index contributed by atoms with van der Waals surface area (Å²) >= 11 is 6.81. The summed E-state index contributed by atoms with van der Waals surface area (Å²) < 4.78 is 15.1. The number of hydrogen-bond acceptors (Lipinski definition) is 21. The third-order valence-corrected chi connectivity index (χ3v) is 16.5. The fraction of sp³-hybridized carbons (Fsp3) is 0.299. The summed E-state index contributed by atoms with van der Waals surface area (Å²) in [5, 5.41) is 62.9. The highest BCUT2D eigenvalue weighted by molar-refractivity contribution is 7.78. The second-order valence-electron chi connectivity index (χ2n) is 23.1. The van der Waals surface area contributed by atoms with Crippen molar-refractivity contribution < 1.29 is 10.4 Å². The van der Waals surface area contributed by atoms with E-state index in [0.29, 0.717) is 17.0 Å². The first-order valence-corrected chi connectivity index (χ1v) is 38.6. The average Bonchev–Trinajstić information content (AvgIpc) is 1.72. The van der Waals surface area contributed by atoms with E-state index in [2.05, 4.69) is 305 Å². The number of aryl methyl sites for hydroxylation is 12. The summed E-state index contributed by atoms with van der Waals surface area (Å²) in [4.78, 5) is 11.8. The van der Waals surface area contributed by atoms with Gasteiger partial charge in [-0.3, -0.25) is 34.3 Å². The molecule has 626 valence electrons. The van der Waals surface area contributed by atoms with E-state index in [9.17, 15) is 0 Å². The Labute approximate surface area is 703 Å². The number of nitrogens with zero attached hydrogens (tertiary/aromatic N) is 16. The summed E-state index contributed by atoms with van der Waals surface area (Å²) in [5.41, 5.74) is 24.6. The minimum Gasteiger partial charge on any atom is -0.409 e. The SMILES string of the molecule is C.C.C.CCc1ccccc1.CCc1ccccc1.CCc1ccccc1.CCc1ccccc1.CCc1ccccc1.CCc1ccccc1.CCc1cn[nH]c1.CCc1cnn(C)c1.CN=C=S.CNc1nc(-c2cn[nH]c2)ns1.CNc1nc(-c2cnn(C)c2)ns1.Cn1cc(/C(N)=N/O)cn1.Cn1cc(C(=N)N)cn1.NO. The molecule has 29 heteroatoms. The van der Waals surface area contributed by atoms with Crippen molar-refractivity contribution in [2.24, 2.45) is 55.7 Å². The number of benzene rings is 6. The zero-order valence-corrected chi connectivity index (χ0v) is 70.4. The number of oxime groups is 1. The normalized spacial score (nSPS) is 9.16. The average molecular weight is 1640 g/mol. The Balaban J connectivity index is -0.00000120. The van der Waals surface area contributed by atoms with Gasteiger partial charge in [0.15, 0.2) is 17.5 Å². The topological polar surface area (TPSA) is 371 Å². The van der Waals surface area contributed by atoms with Crippen LogP contribution in [0.3, 0.4) is 0 Å². The number of nitrogen functional groups attached to an aromatic ring is 1.